The van der Waals surface area contributed by atoms with Crippen LogP contribution in [0.3, 0.4) is 0 Å². The Bertz CT molecular complexity index is 1380. The summed E-state index contributed by atoms with van der Waals surface area (Å²) in [7, 11) is 2.06. The third-order valence-corrected chi connectivity index (χ3v) is 5.24. The molecule has 0 spiro atoms. The molecule has 5 aromatic rings. The fourth-order valence-corrected chi connectivity index (χ4v) is 3.75. The molecule has 0 aliphatic carbocycles. The molecule has 2 heterocycles. The van der Waals surface area contributed by atoms with Crippen molar-refractivity contribution in [2.24, 2.45) is 7.05 Å². The molecule has 0 saturated carbocycles. The minimum atomic E-state index is -0.0886. The van der Waals surface area contributed by atoms with Crippen LogP contribution in [0.5, 0.6) is 0 Å². The molecular weight excluding hydrogens is 346 g/mol. The highest BCUT2D eigenvalue weighted by Crippen LogP contribution is 2.26. The first kappa shape index (κ1) is 16.5. The van der Waals surface area contributed by atoms with Crippen LogP contribution in [-0.4, -0.2) is 14.1 Å². The van der Waals surface area contributed by atoms with Gasteiger partial charge in [-0.2, -0.15) is 0 Å². The van der Waals surface area contributed by atoms with E-state index in [9.17, 15) is 4.79 Å². The average Bonchev–Trinajstić information content (AvgIpc) is 3.11. The van der Waals surface area contributed by atoms with Crippen molar-refractivity contribution in [3.05, 3.63) is 101 Å². The van der Waals surface area contributed by atoms with Crippen LogP contribution in [0.15, 0.2) is 90.0 Å². The minimum Gasteiger partial charge on any atom is -0.351 e. The van der Waals surface area contributed by atoms with Crippen molar-refractivity contribution in [2.75, 3.05) is 0 Å². The first-order valence-corrected chi connectivity index (χ1v) is 9.28. The third-order valence-electron chi connectivity index (χ3n) is 5.24. The topological polar surface area (TPSA) is 39.8 Å². The van der Waals surface area contributed by atoms with Crippen molar-refractivity contribution >= 4 is 21.9 Å². The van der Waals surface area contributed by atoms with E-state index in [4.69, 9.17) is 0 Å². The fraction of sp³-hybridized carbons (Fsp3) is 0.0833. The molecule has 136 valence electrons. The summed E-state index contributed by atoms with van der Waals surface area (Å²) < 4.78 is 3.91. The predicted molar refractivity (Wildman–Crippen MR) is 113 cm³/mol. The van der Waals surface area contributed by atoms with Gasteiger partial charge in [-0.3, -0.25) is 4.79 Å². The molecule has 4 heteroatoms. The van der Waals surface area contributed by atoms with Crippen molar-refractivity contribution in [3.8, 4) is 11.1 Å². The van der Waals surface area contributed by atoms with Crippen LogP contribution in [-0.2, 0) is 13.6 Å². The predicted octanol–water partition coefficient (Wildman–Crippen LogP) is 4.60. The van der Waals surface area contributed by atoms with E-state index in [-0.39, 0.29) is 5.56 Å². The second-order valence-corrected chi connectivity index (χ2v) is 7.07. The van der Waals surface area contributed by atoms with Gasteiger partial charge in [0, 0.05) is 18.8 Å². The van der Waals surface area contributed by atoms with Crippen molar-refractivity contribution < 1.29 is 0 Å². The summed E-state index contributed by atoms with van der Waals surface area (Å²) >= 11 is 0. The quantitative estimate of drug-likeness (QED) is 0.469. The summed E-state index contributed by atoms with van der Waals surface area (Å²) in [5, 5.41) is 1.23. The van der Waals surface area contributed by atoms with Crippen LogP contribution in [0.2, 0.25) is 0 Å². The van der Waals surface area contributed by atoms with Crippen LogP contribution in [0.4, 0.5) is 0 Å². The highest BCUT2D eigenvalue weighted by Gasteiger charge is 2.07. The first-order chi connectivity index (χ1) is 13.7. The van der Waals surface area contributed by atoms with E-state index in [0.29, 0.717) is 6.54 Å². The van der Waals surface area contributed by atoms with E-state index in [0.717, 1.165) is 22.2 Å². The van der Waals surface area contributed by atoms with Gasteiger partial charge in [0.05, 0.1) is 23.8 Å². The lowest BCUT2D eigenvalue weighted by Crippen LogP contribution is -2.21. The van der Waals surface area contributed by atoms with E-state index in [1.54, 1.807) is 4.57 Å². The Balaban J connectivity index is 1.57. The minimum absolute atomic E-state index is 0.0886. The van der Waals surface area contributed by atoms with Gasteiger partial charge in [-0.05, 0) is 52.4 Å². The van der Waals surface area contributed by atoms with Gasteiger partial charge in [-0.25, -0.2) is 4.98 Å². The van der Waals surface area contributed by atoms with E-state index < -0.39 is 0 Å². The number of hydrogen-bond acceptors (Lipinski definition) is 2. The molecule has 0 fully saturated rings. The number of benzene rings is 3. The summed E-state index contributed by atoms with van der Waals surface area (Å²) in [6.07, 6.45) is 3.47. The molecule has 4 nitrogen and oxygen atoms in total. The Morgan fingerprint density at radius 1 is 0.857 bits per heavy atom. The molecule has 0 unspecified atom stereocenters. The van der Waals surface area contributed by atoms with Crippen molar-refractivity contribution in [2.45, 2.75) is 6.54 Å². The van der Waals surface area contributed by atoms with Gasteiger partial charge < -0.3 is 9.13 Å². The molecule has 28 heavy (non-hydrogen) atoms. The molecule has 2 aromatic heterocycles. The smallest absolute Gasteiger partial charge is 0.269 e. The van der Waals surface area contributed by atoms with Gasteiger partial charge in [0.25, 0.3) is 5.56 Å². The Hall–Kier alpha value is -3.66. The molecule has 0 atom stereocenters. The highest BCUT2D eigenvalue weighted by atomic mass is 16.1. The van der Waals surface area contributed by atoms with E-state index in [1.165, 1.54) is 22.7 Å². The van der Waals surface area contributed by atoms with Crippen LogP contribution in [0.25, 0.3) is 33.1 Å². The van der Waals surface area contributed by atoms with Gasteiger partial charge in [-0.1, -0.05) is 42.5 Å². The van der Waals surface area contributed by atoms with Gasteiger partial charge in [0.15, 0.2) is 0 Å². The lowest BCUT2D eigenvalue weighted by Gasteiger charge is -2.11. The normalized spacial score (nSPS) is 11.3. The number of nitrogens with zero attached hydrogens (tertiary/aromatic N) is 3. The van der Waals surface area contributed by atoms with E-state index in [2.05, 4.69) is 65.3 Å². The van der Waals surface area contributed by atoms with Crippen molar-refractivity contribution in [3.63, 3.8) is 0 Å². The van der Waals surface area contributed by atoms with Crippen LogP contribution in [0.1, 0.15) is 5.56 Å². The monoisotopic (exact) mass is 365 g/mol. The first-order valence-electron chi connectivity index (χ1n) is 9.28. The lowest BCUT2D eigenvalue weighted by molar-refractivity contribution is 0.787. The van der Waals surface area contributed by atoms with Gasteiger partial charge in [0.2, 0.25) is 0 Å². The zero-order valence-electron chi connectivity index (χ0n) is 15.5. The van der Waals surface area contributed by atoms with Crippen LogP contribution < -0.4 is 5.56 Å². The van der Waals surface area contributed by atoms with Gasteiger partial charge in [-0.15, -0.1) is 0 Å². The summed E-state index contributed by atoms with van der Waals surface area (Å²) in [6, 6.07) is 24.8. The van der Waals surface area contributed by atoms with E-state index >= 15 is 0 Å². The van der Waals surface area contributed by atoms with Gasteiger partial charge >= 0.3 is 0 Å². The molecule has 0 saturated heterocycles. The Kier molecular flexibility index (Phi) is 3.83. The number of hydrogen-bond donors (Lipinski definition) is 0. The third kappa shape index (κ3) is 2.79. The number of fused-ring (bicyclic) bond motifs is 2. The lowest BCUT2D eigenvalue weighted by atomic mass is 10.0. The molecule has 3 aromatic carbocycles. The maximum absolute atomic E-state index is 12.4. The van der Waals surface area contributed by atoms with Crippen molar-refractivity contribution in [1.82, 2.24) is 14.1 Å². The molecule has 0 radical (unpaired) electrons. The zero-order chi connectivity index (χ0) is 19.1. The summed E-state index contributed by atoms with van der Waals surface area (Å²) in [6.45, 7) is 0.516. The molecule has 0 bridgehead atoms. The largest absolute Gasteiger partial charge is 0.351 e. The molecule has 0 amide bonds. The van der Waals surface area contributed by atoms with Crippen LogP contribution in [0, 0.1) is 0 Å². The number of para-hydroxylation sites is 2. The maximum atomic E-state index is 12.4. The van der Waals surface area contributed by atoms with Crippen LogP contribution >= 0.6 is 0 Å². The molecule has 5 rings (SSSR count). The molecule has 0 N–H and O–H groups in total. The standard InChI is InChI=1S/C24H19N3O/c1-26-12-11-18-9-10-20(14-23(18)26)19-6-4-5-17(13-19)16-27-22-8-3-2-7-21(22)25-15-24(27)28/h2-15H,16H2,1H3. The molecular formula is C24H19N3O. The highest BCUT2D eigenvalue weighted by molar-refractivity contribution is 5.85. The molecule has 0 aliphatic rings. The zero-order valence-corrected chi connectivity index (χ0v) is 15.5. The van der Waals surface area contributed by atoms with Crippen molar-refractivity contribution in [1.29, 1.82) is 0 Å². The SMILES string of the molecule is Cn1ccc2ccc(-c3cccc(Cn4c(=O)cnc5ccccc54)c3)cc21. The number of aryl methyl sites for hydroxylation is 1. The summed E-state index contributed by atoms with van der Waals surface area (Å²) in [5.74, 6) is 0. The Morgan fingerprint density at radius 2 is 1.71 bits per heavy atom. The molecule has 0 aliphatic heterocycles. The van der Waals surface area contributed by atoms with Gasteiger partial charge in [0.1, 0.15) is 0 Å². The number of aromatic nitrogens is 3. The second-order valence-electron chi connectivity index (χ2n) is 7.07. The number of rotatable bonds is 3. The Labute approximate surface area is 162 Å². The summed E-state index contributed by atoms with van der Waals surface area (Å²) in [5.41, 5.74) is 6.20. The fourth-order valence-electron chi connectivity index (χ4n) is 3.75. The van der Waals surface area contributed by atoms with E-state index in [1.807, 2.05) is 30.3 Å². The average molecular weight is 365 g/mol. The Morgan fingerprint density at radius 3 is 2.64 bits per heavy atom. The summed E-state index contributed by atoms with van der Waals surface area (Å²) in [4.78, 5) is 16.7. The maximum Gasteiger partial charge on any atom is 0.269 e. The second kappa shape index (κ2) is 6.50.